The summed E-state index contributed by atoms with van der Waals surface area (Å²) in [5, 5.41) is 12.8. The van der Waals surface area contributed by atoms with E-state index in [-0.39, 0.29) is 28.5 Å². The van der Waals surface area contributed by atoms with Gasteiger partial charge in [0.05, 0.1) is 0 Å². The van der Waals surface area contributed by atoms with Crippen LogP contribution in [0.1, 0.15) is 35.9 Å². The molecule has 2 aromatic rings. The van der Waals surface area contributed by atoms with Crippen molar-refractivity contribution in [3.05, 3.63) is 41.2 Å². The third kappa shape index (κ3) is 2.33. The molecule has 0 aliphatic rings. The SMILES string of the molecule is CC(C)c1onc(-c2cc(F)ccc2F)c1C(=O)O. The number of nitrogens with zero attached hydrogens (tertiary/aromatic N) is 1. The molecule has 1 aromatic carbocycles. The number of carbonyl (C=O) groups is 1. The van der Waals surface area contributed by atoms with Crippen molar-refractivity contribution in [3.8, 4) is 11.3 Å². The lowest BCUT2D eigenvalue weighted by Crippen LogP contribution is -2.03. The first-order chi connectivity index (χ1) is 8.91. The molecule has 2 rings (SSSR count). The lowest BCUT2D eigenvalue weighted by molar-refractivity contribution is 0.0694. The van der Waals surface area contributed by atoms with Gasteiger partial charge in [0.25, 0.3) is 0 Å². The highest BCUT2D eigenvalue weighted by Crippen LogP contribution is 2.31. The molecule has 1 N–H and O–H groups in total. The number of halogens is 2. The Morgan fingerprint density at radius 2 is 2.05 bits per heavy atom. The lowest BCUT2D eigenvalue weighted by atomic mass is 10.0. The first-order valence-electron chi connectivity index (χ1n) is 5.60. The highest BCUT2D eigenvalue weighted by Gasteiger charge is 2.27. The smallest absolute Gasteiger partial charge is 0.341 e. The predicted molar refractivity (Wildman–Crippen MR) is 62.9 cm³/mol. The van der Waals surface area contributed by atoms with Crippen LogP contribution in [0.15, 0.2) is 22.7 Å². The van der Waals surface area contributed by atoms with Crippen LogP contribution in [-0.4, -0.2) is 16.2 Å². The standard InChI is InChI=1S/C13H11F2NO3/c1-6(2)12-10(13(17)18)11(16-19-12)8-5-7(14)3-4-9(8)15/h3-6H,1-2H3,(H,17,18). The van der Waals surface area contributed by atoms with Crippen LogP contribution in [0, 0.1) is 11.6 Å². The summed E-state index contributed by atoms with van der Waals surface area (Å²) in [5.74, 6) is -2.83. The van der Waals surface area contributed by atoms with Crippen molar-refractivity contribution < 1.29 is 23.2 Å². The van der Waals surface area contributed by atoms with Crippen LogP contribution in [0.3, 0.4) is 0 Å². The first-order valence-corrected chi connectivity index (χ1v) is 5.60. The highest BCUT2D eigenvalue weighted by molar-refractivity contribution is 5.96. The Balaban J connectivity index is 2.69. The Bertz CT molecular complexity index is 635. The fraction of sp³-hybridized carbons (Fsp3) is 0.231. The Morgan fingerprint density at radius 1 is 1.37 bits per heavy atom. The summed E-state index contributed by atoms with van der Waals surface area (Å²) < 4.78 is 31.8. The molecule has 0 radical (unpaired) electrons. The molecule has 0 unspecified atom stereocenters. The van der Waals surface area contributed by atoms with Crippen LogP contribution >= 0.6 is 0 Å². The van der Waals surface area contributed by atoms with Gasteiger partial charge in [-0.25, -0.2) is 13.6 Å². The van der Waals surface area contributed by atoms with Gasteiger partial charge in [0, 0.05) is 11.5 Å². The molecule has 6 heteroatoms. The van der Waals surface area contributed by atoms with Crippen molar-refractivity contribution in [2.75, 3.05) is 0 Å². The number of hydrogen-bond acceptors (Lipinski definition) is 3. The molecule has 0 bridgehead atoms. The van der Waals surface area contributed by atoms with Crippen LogP contribution in [0.2, 0.25) is 0 Å². The number of benzene rings is 1. The Hall–Kier alpha value is -2.24. The minimum absolute atomic E-state index is 0.131. The molecule has 0 saturated heterocycles. The van der Waals surface area contributed by atoms with E-state index in [4.69, 9.17) is 4.52 Å². The summed E-state index contributed by atoms with van der Waals surface area (Å²) >= 11 is 0. The van der Waals surface area contributed by atoms with Gasteiger partial charge < -0.3 is 9.63 Å². The average Bonchev–Trinajstić information content (AvgIpc) is 2.76. The largest absolute Gasteiger partial charge is 0.477 e. The third-order valence-corrected chi connectivity index (χ3v) is 2.64. The quantitative estimate of drug-likeness (QED) is 0.925. The molecular formula is C13H11F2NO3. The van der Waals surface area contributed by atoms with E-state index in [1.165, 1.54) is 0 Å². The fourth-order valence-corrected chi connectivity index (χ4v) is 1.77. The third-order valence-electron chi connectivity index (χ3n) is 2.64. The topological polar surface area (TPSA) is 63.3 Å². The first kappa shape index (κ1) is 13.2. The Morgan fingerprint density at radius 3 is 2.63 bits per heavy atom. The van der Waals surface area contributed by atoms with E-state index in [9.17, 15) is 18.7 Å². The van der Waals surface area contributed by atoms with E-state index in [1.54, 1.807) is 13.8 Å². The second-order valence-corrected chi connectivity index (χ2v) is 4.35. The molecule has 1 heterocycles. The lowest BCUT2D eigenvalue weighted by Gasteiger charge is -2.03. The molecule has 1 aromatic heterocycles. The summed E-state index contributed by atoms with van der Waals surface area (Å²) in [6.07, 6.45) is 0. The maximum Gasteiger partial charge on any atom is 0.341 e. The number of carboxylic acids is 1. The van der Waals surface area contributed by atoms with Crippen LogP contribution < -0.4 is 0 Å². The van der Waals surface area contributed by atoms with Gasteiger partial charge >= 0.3 is 5.97 Å². The van der Waals surface area contributed by atoms with E-state index >= 15 is 0 Å². The summed E-state index contributed by atoms with van der Waals surface area (Å²) in [6, 6.07) is 2.76. The van der Waals surface area contributed by atoms with E-state index in [2.05, 4.69) is 5.16 Å². The minimum atomic E-state index is -1.29. The molecule has 100 valence electrons. The molecule has 4 nitrogen and oxygen atoms in total. The van der Waals surface area contributed by atoms with Gasteiger partial charge in [0.1, 0.15) is 22.9 Å². The van der Waals surface area contributed by atoms with Crippen molar-refractivity contribution >= 4 is 5.97 Å². The zero-order valence-corrected chi connectivity index (χ0v) is 10.3. The van der Waals surface area contributed by atoms with Gasteiger partial charge in [0.15, 0.2) is 5.76 Å². The van der Waals surface area contributed by atoms with E-state index in [1.807, 2.05) is 0 Å². The van der Waals surface area contributed by atoms with E-state index in [0.29, 0.717) is 0 Å². The summed E-state index contributed by atoms with van der Waals surface area (Å²) in [5.41, 5.74) is -0.666. The minimum Gasteiger partial charge on any atom is -0.477 e. The second-order valence-electron chi connectivity index (χ2n) is 4.35. The van der Waals surface area contributed by atoms with Crippen molar-refractivity contribution in [1.82, 2.24) is 5.16 Å². The van der Waals surface area contributed by atoms with Gasteiger partial charge in [0.2, 0.25) is 0 Å². The molecule has 0 amide bonds. The molecular weight excluding hydrogens is 256 g/mol. The van der Waals surface area contributed by atoms with E-state index in [0.717, 1.165) is 18.2 Å². The molecule has 0 spiro atoms. The summed E-state index contributed by atoms with van der Waals surface area (Å²) in [7, 11) is 0. The van der Waals surface area contributed by atoms with Crippen molar-refractivity contribution in [1.29, 1.82) is 0 Å². The average molecular weight is 267 g/mol. The van der Waals surface area contributed by atoms with Crippen molar-refractivity contribution in [2.45, 2.75) is 19.8 Å². The summed E-state index contributed by atoms with van der Waals surface area (Å²) in [6.45, 7) is 3.44. The van der Waals surface area contributed by atoms with E-state index < -0.39 is 17.6 Å². The van der Waals surface area contributed by atoms with Crippen molar-refractivity contribution in [2.24, 2.45) is 0 Å². The number of carboxylic acid groups (broad SMARTS) is 1. The molecule has 0 aliphatic carbocycles. The van der Waals surface area contributed by atoms with Gasteiger partial charge in [-0.05, 0) is 18.2 Å². The fourth-order valence-electron chi connectivity index (χ4n) is 1.77. The van der Waals surface area contributed by atoms with Crippen LogP contribution in [0.5, 0.6) is 0 Å². The highest BCUT2D eigenvalue weighted by atomic mass is 19.1. The Labute approximate surface area is 107 Å². The number of hydrogen-bond donors (Lipinski definition) is 1. The molecule has 0 atom stereocenters. The van der Waals surface area contributed by atoms with Crippen LogP contribution in [-0.2, 0) is 0 Å². The molecule has 0 aliphatic heterocycles. The second kappa shape index (κ2) is 4.79. The van der Waals surface area contributed by atoms with Gasteiger partial charge in [-0.2, -0.15) is 0 Å². The molecule has 19 heavy (non-hydrogen) atoms. The van der Waals surface area contributed by atoms with Gasteiger partial charge in [-0.1, -0.05) is 19.0 Å². The van der Waals surface area contributed by atoms with Crippen LogP contribution in [0.25, 0.3) is 11.3 Å². The monoisotopic (exact) mass is 267 g/mol. The zero-order valence-electron chi connectivity index (χ0n) is 10.3. The maximum atomic E-state index is 13.7. The van der Waals surface area contributed by atoms with Crippen molar-refractivity contribution in [3.63, 3.8) is 0 Å². The Kier molecular flexibility index (Phi) is 3.33. The maximum absolute atomic E-state index is 13.7. The molecule has 0 fully saturated rings. The number of aromatic nitrogens is 1. The number of aromatic carboxylic acids is 1. The molecule has 0 saturated carbocycles. The van der Waals surface area contributed by atoms with Gasteiger partial charge in [-0.15, -0.1) is 0 Å². The van der Waals surface area contributed by atoms with Crippen LogP contribution in [0.4, 0.5) is 8.78 Å². The predicted octanol–water partition coefficient (Wildman–Crippen LogP) is 3.44. The summed E-state index contributed by atoms with van der Waals surface area (Å²) in [4.78, 5) is 11.3. The number of rotatable bonds is 3. The zero-order chi connectivity index (χ0) is 14.2. The van der Waals surface area contributed by atoms with Gasteiger partial charge in [-0.3, -0.25) is 0 Å². The normalized spacial score (nSPS) is 11.0.